The molecule has 0 unspecified atom stereocenters. The summed E-state index contributed by atoms with van der Waals surface area (Å²) in [5, 5.41) is 4.85. The number of ether oxygens (including phenoxy) is 1. The van der Waals surface area contributed by atoms with Gasteiger partial charge in [-0.3, -0.25) is 4.79 Å². The summed E-state index contributed by atoms with van der Waals surface area (Å²) in [7, 11) is 0. The summed E-state index contributed by atoms with van der Waals surface area (Å²) >= 11 is 9.44. The Balaban J connectivity index is 2.05. The molecule has 130 valence electrons. The van der Waals surface area contributed by atoms with Crippen molar-refractivity contribution in [3.63, 3.8) is 0 Å². The van der Waals surface area contributed by atoms with Crippen molar-refractivity contribution in [2.75, 3.05) is 6.61 Å². The van der Waals surface area contributed by atoms with Crippen molar-refractivity contribution in [2.45, 2.75) is 46.5 Å². The van der Waals surface area contributed by atoms with Crippen molar-refractivity contribution < 1.29 is 9.53 Å². The van der Waals surface area contributed by atoms with Gasteiger partial charge in [-0.2, -0.15) is 5.10 Å². The maximum Gasteiger partial charge on any atom is 0.284 e. The molecule has 0 aliphatic rings. The highest BCUT2D eigenvalue weighted by atomic mass is 79.9. The van der Waals surface area contributed by atoms with Crippen LogP contribution in [0.1, 0.15) is 47.9 Å². The smallest absolute Gasteiger partial charge is 0.284 e. The van der Waals surface area contributed by atoms with Gasteiger partial charge in [-0.25, -0.2) is 4.68 Å². The third-order valence-electron chi connectivity index (χ3n) is 3.95. The number of nitrogens with zero attached hydrogens (tertiary/aromatic N) is 2. The number of unbranched alkanes of at least 4 members (excludes halogenated alkanes) is 2. The van der Waals surface area contributed by atoms with E-state index in [2.05, 4.69) is 28.0 Å². The van der Waals surface area contributed by atoms with Crippen LogP contribution in [0.4, 0.5) is 0 Å². The van der Waals surface area contributed by atoms with Gasteiger partial charge in [-0.15, -0.1) is 0 Å². The van der Waals surface area contributed by atoms with E-state index in [1.807, 2.05) is 19.9 Å². The van der Waals surface area contributed by atoms with Gasteiger partial charge in [0.15, 0.2) is 6.61 Å². The number of rotatable bonds is 7. The Morgan fingerprint density at radius 2 is 2.08 bits per heavy atom. The van der Waals surface area contributed by atoms with Gasteiger partial charge in [-0.05, 0) is 50.5 Å². The fraction of sp³-hybridized carbons (Fsp3) is 0.444. The number of carbonyl (C=O) groups is 1. The second-order valence-electron chi connectivity index (χ2n) is 5.78. The summed E-state index contributed by atoms with van der Waals surface area (Å²) in [6, 6.07) is 5.29. The Bertz CT molecular complexity index is 728. The maximum atomic E-state index is 12.4. The summed E-state index contributed by atoms with van der Waals surface area (Å²) in [5.74, 6) is 0.286. The molecule has 2 aromatic rings. The molecule has 0 saturated heterocycles. The van der Waals surface area contributed by atoms with Crippen molar-refractivity contribution in [1.29, 1.82) is 0 Å². The molecule has 0 saturated carbocycles. The molecule has 0 N–H and O–H groups in total. The first-order valence-electron chi connectivity index (χ1n) is 8.10. The molecule has 1 aromatic carbocycles. The number of hydrogen-bond donors (Lipinski definition) is 0. The van der Waals surface area contributed by atoms with Crippen molar-refractivity contribution in [1.82, 2.24) is 9.78 Å². The minimum Gasteiger partial charge on any atom is -0.482 e. The Morgan fingerprint density at radius 3 is 2.75 bits per heavy atom. The van der Waals surface area contributed by atoms with E-state index in [0.29, 0.717) is 10.8 Å². The number of aryl methyl sites for hydroxylation is 1. The zero-order valence-electron chi connectivity index (χ0n) is 14.2. The van der Waals surface area contributed by atoms with Crippen LogP contribution in [0.3, 0.4) is 0 Å². The molecule has 2 rings (SSSR count). The highest BCUT2D eigenvalue weighted by Crippen LogP contribution is 2.27. The predicted molar refractivity (Wildman–Crippen MR) is 100 cm³/mol. The molecule has 0 aliphatic carbocycles. The molecule has 4 nitrogen and oxygen atoms in total. The highest BCUT2D eigenvalue weighted by molar-refractivity contribution is 9.10. The largest absolute Gasteiger partial charge is 0.482 e. The van der Waals surface area contributed by atoms with E-state index in [-0.39, 0.29) is 12.5 Å². The van der Waals surface area contributed by atoms with Gasteiger partial charge in [0.05, 0.1) is 10.7 Å². The van der Waals surface area contributed by atoms with E-state index in [1.165, 1.54) is 23.1 Å². The van der Waals surface area contributed by atoms with Gasteiger partial charge in [-0.1, -0.05) is 47.3 Å². The third kappa shape index (κ3) is 4.61. The molecule has 1 aromatic heterocycles. The first-order chi connectivity index (χ1) is 11.4. The van der Waals surface area contributed by atoms with Crippen molar-refractivity contribution >= 4 is 33.4 Å². The maximum absolute atomic E-state index is 12.4. The zero-order chi connectivity index (χ0) is 17.7. The average molecular weight is 414 g/mol. The van der Waals surface area contributed by atoms with Crippen LogP contribution < -0.4 is 4.74 Å². The Morgan fingerprint density at radius 1 is 1.33 bits per heavy atom. The summed E-state index contributed by atoms with van der Waals surface area (Å²) in [4.78, 5) is 12.4. The number of halogens is 2. The average Bonchev–Trinajstić information content (AvgIpc) is 2.82. The number of benzene rings is 1. The molecule has 0 atom stereocenters. The van der Waals surface area contributed by atoms with E-state index in [4.69, 9.17) is 16.3 Å². The molecule has 0 fully saturated rings. The lowest BCUT2D eigenvalue weighted by Gasteiger charge is -2.08. The van der Waals surface area contributed by atoms with Crippen molar-refractivity contribution in [3.05, 3.63) is 44.6 Å². The van der Waals surface area contributed by atoms with Crippen molar-refractivity contribution in [2.24, 2.45) is 0 Å². The molecule has 24 heavy (non-hydrogen) atoms. The lowest BCUT2D eigenvalue weighted by Crippen LogP contribution is -2.22. The first kappa shape index (κ1) is 19.0. The summed E-state index contributed by atoms with van der Waals surface area (Å²) in [6.45, 7) is 5.96. The third-order valence-corrected chi connectivity index (χ3v) is 4.74. The van der Waals surface area contributed by atoms with E-state index >= 15 is 0 Å². The van der Waals surface area contributed by atoms with E-state index in [1.54, 1.807) is 12.1 Å². The lowest BCUT2D eigenvalue weighted by molar-refractivity contribution is 0.0818. The fourth-order valence-electron chi connectivity index (χ4n) is 2.62. The normalized spacial score (nSPS) is 10.9. The number of aromatic nitrogens is 2. The SMILES string of the molecule is CCCCCc1c(C)nn(C(=O)COc2ccc(Br)cc2Cl)c1C. The summed E-state index contributed by atoms with van der Waals surface area (Å²) < 4.78 is 7.86. The van der Waals surface area contributed by atoms with E-state index in [0.717, 1.165) is 28.7 Å². The predicted octanol–water partition coefficient (Wildman–Crippen LogP) is 5.37. The molecule has 6 heteroatoms. The monoisotopic (exact) mass is 412 g/mol. The van der Waals surface area contributed by atoms with Crippen LogP contribution >= 0.6 is 27.5 Å². The van der Waals surface area contributed by atoms with Crippen LogP contribution in [-0.4, -0.2) is 22.3 Å². The van der Waals surface area contributed by atoms with Gasteiger partial charge >= 0.3 is 0 Å². The van der Waals surface area contributed by atoms with Gasteiger partial charge < -0.3 is 4.74 Å². The van der Waals surface area contributed by atoms with Crippen LogP contribution in [0.15, 0.2) is 22.7 Å². The number of carbonyl (C=O) groups excluding carboxylic acids is 1. The van der Waals surface area contributed by atoms with Crippen LogP contribution in [-0.2, 0) is 6.42 Å². The molecule has 0 amide bonds. The molecule has 1 heterocycles. The second kappa shape index (κ2) is 8.67. The molecule has 0 bridgehead atoms. The topological polar surface area (TPSA) is 44.1 Å². The van der Waals surface area contributed by atoms with Crippen LogP contribution in [0.5, 0.6) is 5.75 Å². The quantitative estimate of drug-likeness (QED) is 0.573. The Labute approximate surface area is 156 Å². The standard InChI is InChI=1S/C18H22BrClN2O2/c1-4-5-6-7-15-12(2)21-22(13(15)3)18(23)11-24-17-9-8-14(19)10-16(17)20/h8-10H,4-7,11H2,1-3H3. The summed E-state index contributed by atoms with van der Waals surface area (Å²) in [5.41, 5.74) is 2.98. The highest BCUT2D eigenvalue weighted by Gasteiger charge is 2.17. The van der Waals surface area contributed by atoms with Crippen LogP contribution in [0, 0.1) is 13.8 Å². The Kier molecular flexibility index (Phi) is 6.87. The molecule has 0 aliphatic heterocycles. The van der Waals surface area contributed by atoms with Crippen LogP contribution in [0.2, 0.25) is 5.02 Å². The van der Waals surface area contributed by atoms with Crippen LogP contribution in [0.25, 0.3) is 0 Å². The molecular formula is C18H22BrClN2O2. The molecule has 0 radical (unpaired) electrons. The van der Waals surface area contributed by atoms with Gasteiger partial charge in [0.1, 0.15) is 5.75 Å². The fourth-order valence-corrected chi connectivity index (χ4v) is 3.35. The molecular weight excluding hydrogens is 392 g/mol. The second-order valence-corrected chi connectivity index (χ2v) is 7.10. The molecule has 0 spiro atoms. The van der Waals surface area contributed by atoms with Gasteiger partial charge in [0, 0.05) is 10.2 Å². The Hall–Kier alpha value is -1.33. The van der Waals surface area contributed by atoms with E-state index < -0.39 is 0 Å². The van der Waals surface area contributed by atoms with Gasteiger partial charge in [0.2, 0.25) is 0 Å². The lowest BCUT2D eigenvalue weighted by atomic mass is 10.1. The minimum atomic E-state index is -0.198. The number of hydrogen-bond acceptors (Lipinski definition) is 3. The van der Waals surface area contributed by atoms with Crippen molar-refractivity contribution in [3.8, 4) is 5.75 Å². The first-order valence-corrected chi connectivity index (χ1v) is 9.27. The minimum absolute atomic E-state index is 0.0995. The van der Waals surface area contributed by atoms with Gasteiger partial charge in [0.25, 0.3) is 5.91 Å². The summed E-state index contributed by atoms with van der Waals surface area (Å²) in [6.07, 6.45) is 4.43. The van der Waals surface area contributed by atoms with E-state index in [9.17, 15) is 4.79 Å². The zero-order valence-corrected chi connectivity index (χ0v) is 16.6.